The molecule has 0 saturated carbocycles. The molecule has 0 amide bonds. The molecule has 0 saturated heterocycles. The second kappa shape index (κ2) is 5.42. The highest BCUT2D eigenvalue weighted by Crippen LogP contribution is 2.28. The number of benzene rings is 2. The van der Waals surface area contributed by atoms with E-state index < -0.39 is 0 Å². The van der Waals surface area contributed by atoms with Gasteiger partial charge in [-0.25, -0.2) is 4.98 Å². The Morgan fingerprint density at radius 3 is 2.60 bits per heavy atom. The van der Waals surface area contributed by atoms with Crippen LogP contribution in [-0.2, 0) is 7.05 Å². The minimum atomic E-state index is -0.0177. The van der Waals surface area contributed by atoms with Crippen molar-refractivity contribution in [1.82, 2.24) is 9.55 Å². The van der Waals surface area contributed by atoms with Crippen molar-refractivity contribution in [1.29, 1.82) is 0 Å². The predicted molar refractivity (Wildman–Crippen MR) is 85.0 cm³/mol. The van der Waals surface area contributed by atoms with E-state index in [-0.39, 0.29) is 5.12 Å². The van der Waals surface area contributed by atoms with Gasteiger partial charge in [0.1, 0.15) is 0 Å². The maximum absolute atomic E-state index is 12.3. The fourth-order valence-corrected chi connectivity index (χ4v) is 3.41. The number of fused-ring (bicyclic) bond motifs is 1. The van der Waals surface area contributed by atoms with Crippen molar-refractivity contribution >= 4 is 43.8 Å². The van der Waals surface area contributed by atoms with Gasteiger partial charge in [0.25, 0.3) is 0 Å². The zero-order chi connectivity index (χ0) is 14.1. The molecule has 0 unspecified atom stereocenters. The third-order valence-electron chi connectivity index (χ3n) is 3.02. The van der Waals surface area contributed by atoms with Crippen molar-refractivity contribution in [2.75, 3.05) is 0 Å². The molecule has 0 N–H and O–H groups in total. The molecule has 0 fully saturated rings. The van der Waals surface area contributed by atoms with E-state index >= 15 is 0 Å². The first-order valence-corrected chi connectivity index (χ1v) is 7.66. The van der Waals surface area contributed by atoms with E-state index in [1.54, 1.807) is 0 Å². The number of rotatable bonds is 2. The van der Waals surface area contributed by atoms with Gasteiger partial charge in [0.15, 0.2) is 5.16 Å². The molecule has 5 heteroatoms. The largest absolute Gasteiger partial charge is 0.322 e. The van der Waals surface area contributed by atoms with Crippen LogP contribution < -0.4 is 0 Å². The maximum atomic E-state index is 12.3. The lowest BCUT2D eigenvalue weighted by Gasteiger charge is -2.03. The van der Waals surface area contributed by atoms with Gasteiger partial charge in [0, 0.05) is 17.1 Å². The topological polar surface area (TPSA) is 34.9 Å². The van der Waals surface area contributed by atoms with Crippen LogP contribution in [0, 0.1) is 0 Å². The van der Waals surface area contributed by atoms with Gasteiger partial charge in [0.2, 0.25) is 5.12 Å². The molecule has 0 atom stereocenters. The molecule has 20 heavy (non-hydrogen) atoms. The highest BCUT2D eigenvalue weighted by Gasteiger charge is 2.15. The van der Waals surface area contributed by atoms with Crippen molar-refractivity contribution < 1.29 is 4.79 Å². The lowest BCUT2D eigenvalue weighted by molar-refractivity contribution is 0.108. The molecular weight excluding hydrogens is 336 g/mol. The van der Waals surface area contributed by atoms with Crippen LogP contribution in [0.5, 0.6) is 0 Å². The van der Waals surface area contributed by atoms with Crippen LogP contribution in [0.3, 0.4) is 0 Å². The molecule has 0 aliphatic carbocycles. The van der Waals surface area contributed by atoms with E-state index in [1.807, 2.05) is 60.1 Å². The summed E-state index contributed by atoms with van der Waals surface area (Å²) in [5.41, 5.74) is 2.58. The molecule has 2 aromatic carbocycles. The number of hydrogen-bond acceptors (Lipinski definition) is 3. The van der Waals surface area contributed by atoms with E-state index in [1.165, 1.54) is 0 Å². The summed E-state index contributed by atoms with van der Waals surface area (Å²) < 4.78 is 2.74. The van der Waals surface area contributed by atoms with Crippen molar-refractivity contribution in [2.24, 2.45) is 7.05 Å². The molecule has 1 aromatic heterocycles. The van der Waals surface area contributed by atoms with Crippen LogP contribution in [0.25, 0.3) is 11.0 Å². The van der Waals surface area contributed by atoms with Gasteiger partial charge in [-0.05, 0) is 36.0 Å². The Morgan fingerprint density at radius 2 is 1.85 bits per heavy atom. The Bertz CT molecular complexity index is 797. The van der Waals surface area contributed by atoms with E-state index in [0.29, 0.717) is 10.7 Å². The molecule has 3 aromatic rings. The average Bonchev–Trinajstić information content (AvgIpc) is 2.76. The number of halogens is 1. The summed E-state index contributed by atoms with van der Waals surface area (Å²) in [6, 6.07) is 15.3. The molecule has 3 nitrogen and oxygen atoms in total. The van der Waals surface area contributed by atoms with Crippen molar-refractivity contribution in [3.8, 4) is 0 Å². The number of carbonyl (C=O) groups excluding carboxylic acids is 1. The van der Waals surface area contributed by atoms with Crippen molar-refractivity contribution in [2.45, 2.75) is 5.16 Å². The first-order chi connectivity index (χ1) is 9.66. The van der Waals surface area contributed by atoms with Crippen molar-refractivity contribution in [3.05, 3.63) is 58.6 Å². The Labute approximate surface area is 129 Å². The number of hydrogen-bond donors (Lipinski definition) is 0. The summed E-state index contributed by atoms with van der Waals surface area (Å²) in [7, 11) is 1.92. The first kappa shape index (κ1) is 13.4. The normalized spacial score (nSPS) is 10.9. The standard InChI is InChI=1S/C15H11BrN2OS/c1-18-13-9-5-4-8-12(13)17-15(18)20-14(19)10-6-2-3-7-11(10)16/h2-9H,1H3. The third-order valence-corrected chi connectivity index (χ3v) is 4.67. The number of nitrogens with zero attached hydrogens (tertiary/aromatic N) is 2. The minimum absolute atomic E-state index is 0.0177. The third kappa shape index (κ3) is 2.39. The van der Waals surface area contributed by atoms with Crippen LogP contribution in [0.2, 0.25) is 0 Å². The SMILES string of the molecule is Cn1c(SC(=O)c2ccccc2Br)nc2ccccc21. The number of para-hydroxylation sites is 2. The van der Waals surface area contributed by atoms with Gasteiger partial charge < -0.3 is 4.57 Å². The van der Waals surface area contributed by atoms with Gasteiger partial charge in [-0.15, -0.1) is 0 Å². The Kier molecular flexibility index (Phi) is 3.63. The van der Waals surface area contributed by atoms with E-state index in [4.69, 9.17) is 0 Å². The van der Waals surface area contributed by atoms with Crippen LogP contribution in [0.15, 0.2) is 58.2 Å². The van der Waals surface area contributed by atoms with Crippen LogP contribution in [0.1, 0.15) is 10.4 Å². The lowest BCUT2D eigenvalue weighted by Crippen LogP contribution is -1.98. The van der Waals surface area contributed by atoms with Gasteiger partial charge >= 0.3 is 0 Å². The molecule has 1 heterocycles. The second-order valence-electron chi connectivity index (χ2n) is 4.31. The number of aryl methyl sites for hydroxylation is 1. The molecular formula is C15H11BrN2OS. The van der Waals surface area contributed by atoms with Gasteiger partial charge in [0.05, 0.1) is 11.0 Å². The minimum Gasteiger partial charge on any atom is -0.322 e. The quantitative estimate of drug-likeness (QED) is 0.650. The molecule has 0 spiro atoms. The summed E-state index contributed by atoms with van der Waals surface area (Å²) in [6.45, 7) is 0. The highest BCUT2D eigenvalue weighted by atomic mass is 79.9. The van der Waals surface area contributed by atoms with Crippen LogP contribution in [0.4, 0.5) is 0 Å². The fourth-order valence-electron chi connectivity index (χ4n) is 1.98. The number of carbonyl (C=O) groups is 1. The molecule has 0 radical (unpaired) electrons. The van der Waals surface area contributed by atoms with E-state index in [9.17, 15) is 4.79 Å². The Balaban J connectivity index is 1.96. The van der Waals surface area contributed by atoms with Gasteiger partial charge in [-0.3, -0.25) is 4.79 Å². The summed E-state index contributed by atoms with van der Waals surface area (Å²) in [5, 5.41) is 0.683. The monoisotopic (exact) mass is 346 g/mol. The Morgan fingerprint density at radius 1 is 1.15 bits per heavy atom. The smallest absolute Gasteiger partial charge is 0.228 e. The summed E-state index contributed by atoms with van der Waals surface area (Å²) >= 11 is 4.55. The highest BCUT2D eigenvalue weighted by molar-refractivity contribution is 9.10. The average molecular weight is 347 g/mol. The van der Waals surface area contributed by atoms with Crippen molar-refractivity contribution in [3.63, 3.8) is 0 Å². The van der Waals surface area contributed by atoms with E-state index in [2.05, 4.69) is 20.9 Å². The lowest BCUT2D eigenvalue weighted by atomic mass is 10.2. The summed E-state index contributed by atoms with van der Waals surface area (Å²) in [5.74, 6) is 0. The number of aromatic nitrogens is 2. The Hall–Kier alpha value is -1.59. The summed E-state index contributed by atoms with van der Waals surface area (Å²) in [4.78, 5) is 16.8. The molecule has 0 aliphatic heterocycles. The number of thioether (sulfide) groups is 1. The first-order valence-electron chi connectivity index (χ1n) is 6.05. The zero-order valence-electron chi connectivity index (χ0n) is 10.7. The molecule has 0 aliphatic rings. The zero-order valence-corrected chi connectivity index (χ0v) is 13.1. The number of imidazole rings is 1. The maximum Gasteiger partial charge on any atom is 0.228 e. The van der Waals surface area contributed by atoms with Crippen LogP contribution in [-0.4, -0.2) is 14.7 Å². The van der Waals surface area contributed by atoms with Gasteiger partial charge in [-0.1, -0.05) is 40.2 Å². The summed E-state index contributed by atoms with van der Waals surface area (Å²) in [6.07, 6.45) is 0. The molecule has 3 rings (SSSR count). The predicted octanol–water partition coefficient (Wildman–Crippen LogP) is 4.27. The second-order valence-corrected chi connectivity index (χ2v) is 6.11. The van der Waals surface area contributed by atoms with Crippen LogP contribution >= 0.6 is 27.7 Å². The molecule has 100 valence electrons. The van der Waals surface area contributed by atoms with Gasteiger partial charge in [-0.2, -0.15) is 0 Å². The molecule has 0 bridgehead atoms. The van der Waals surface area contributed by atoms with E-state index in [0.717, 1.165) is 27.3 Å². The fraction of sp³-hybridized carbons (Fsp3) is 0.0667.